The minimum atomic E-state index is -0.673. The van der Waals surface area contributed by atoms with Gasteiger partial charge in [0.2, 0.25) is 0 Å². The molecular weight excluding hydrogens is 153 g/mol. The fraction of sp³-hybridized carbons (Fsp3) is 0. The molecular formula is C6H3BClFO. The first-order chi connectivity index (χ1) is 4.61. The van der Waals surface area contributed by atoms with E-state index >= 15 is 0 Å². The summed E-state index contributed by atoms with van der Waals surface area (Å²) in [6.45, 7) is 0. The number of phenols is 1. The molecule has 0 aliphatic carbocycles. The lowest BCUT2D eigenvalue weighted by molar-refractivity contribution is 0.473. The zero-order chi connectivity index (χ0) is 7.72. The van der Waals surface area contributed by atoms with Gasteiger partial charge in [-0.15, -0.1) is 0 Å². The first-order valence-corrected chi connectivity index (χ1v) is 2.92. The molecule has 0 amide bonds. The van der Waals surface area contributed by atoms with Crippen molar-refractivity contribution in [1.82, 2.24) is 0 Å². The number of aromatic hydroxyl groups is 1. The van der Waals surface area contributed by atoms with Gasteiger partial charge in [-0.1, -0.05) is 17.1 Å². The van der Waals surface area contributed by atoms with Gasteiger partial charge >= 0.3 is 0 Å². The first-order valence-electron chi connectivity index (χ1n) is 2.54. The molecule has 1 rings (SSSR count). The van der Waals surface area contributed by atoms with Crippen molar-refractivity contribution in [3.8, 4) is 5.75 Å². The Labute approximate surface area is 63.8 Å². The normalized spacial score (nSPS) is 9.80. The Morgan fingerprint density at radius 2 is 2.10 bits per heavy atom. The molecule has 0 heterocycles. The third-order valence-corrected chi connectivity index (χ3v) is 1.36. The van der Waals surface area contributed by atoms with Crippen LogP contribution in [0.2, 0.25) is 5.02 Å². The van der Waals surface area contributed by atoms with Crippen LogP contribution < -0.4 is 5.46 Å². The molecule has 50 valence electrons. The molecule has 4 heteroatoms. The van der Waals surface area contributed by atoms with Crippen molar-refractivity contribution in [1.29, 1.82) is 0 Å². The van der Waals surface area contributed by atoms with E-state index in [-0.39, 0.29) is 16.2 Å². The van der Waals surface area contributed by atoms with E-state index in [1.807, 2.05) is 0 Å². The molecule has 1 N–H and O–H groups in total. The molecule has 1 nitrogen and oxygen atoms in total. The minimum Gasteiger partial charge on any atom is -0.508 e. The van der Waals surface area contributed by atoms with Gasteiger partial charge in [-0.2, -0.15) is 0 Å². The number of phenolic OH excluding ortho intramolecular Hbond substituents is 1. The number of benzene rings is 1. The fourth-order valence-corrected chi connectivity index (χ4v) is 0.724. The SMILES string of the molecule is [B]c1cc(Cl)c(F)cc1O. The van der Waals surface area contributed by atoms with Crippen molar-refractivity contribution < 1.29 is 9.50 Å². The highest BCUT2D eigenvalue weighted by Gasteiger charge is 2.02. The zero-order valence-electron chi connectivity index (χ0n) is 4.94. The Hall–Kier alpha value is -0.695. The molecule has 0 aliphatic heterocycles. The Morgan fingerprint density at radius 1 is 1.50 bits per heavy atom. The second kappa shape index (κ2) is 2.50. The lowest BCUT2D eigenvalue weighted by atomic mass is 9.95. The molecule has 0 aromatic heterocycles. The van der Waals surface area contributed by atoms with Gasteiger partial charge in [0, 0.05) is 6.07 Å². The molecule has 0 fully saturated rings. The summed E-state index contributed by atoms with van der Waals surface area (Å²) in [7, 11) is 5.19. The van der Waals surface area contributed by atoms with Crippen molar-refractivity contribution in [2.75, 3.05) is 0 Å². The molecule has 0 saturated carbocycles. The number of hydrogen-bond acceptors (Lipinski definition) is 1. The highest BCUT2D eigenvalue weighted by atomic mass is 35.5. The Balaban J connectivity index is 3.28. The lowest BCUT2D eigenvalue weighted by Gasteiger charge is -1.99. The molecule has 0 atom stereocenters. The van der Waals surface area contributed by atoms with Crippen LogP contribution in [0.25, 0.3) is 0 Å². The van der Waals surface area contributed by atoms with Crippen LogP contribution in [-0.2, 0) is 0 Å². The molecule has 10 heavy (non-hydrogen) atoms. The van der Waals surface area contributed by atoms with E-state index < -0.39 is 5.82 Å². The smallest absolute Gasteiger partial charge is 0.145 e. The van der Waals surface area contributed by atoms with Crippen LogP contribution in [0.3, 0.4) is 0 Å². The van der Waals surface area contributed by atoms with E-state index in [9.17, 15) is 4.39 Å². The summed E-state index contributed by atoms with van der Waals surface area (Å²) < 4.78 is 12.4. The van der Waals surface area contributed by atoms with E-state index in [0.29, 0.717) is 0 Å². The summed E-state index contributed by atoms with van der Waals surface area (Å²) >= 11 is 5.32. The van der Waals surface area contributed by atoms with Crippen molar-refractivity contribution in [2.45, 2.75) is 0 Å². The van der Waals surface area contributed by atoms with Crippen molar-refractivity contribution in [3.63, 3.8) is 0 Å². The lowest BCUT2D eigenvalue weighted by Crippen LogP contribution is -2.02. The van der Waals surface area contributed by atoms with Gasteiger partial charge < -0.3 is 5.11 Å². The predicted molar refractivity (Wildman–Crippen MR) is 38.5 cm³/mol. The Kier molecular flexibility index (Phi) is 1.86. The van der Waals surface area contributed by atoms with Crippen LogP contribution in [0.4, 0.5) is 4.39 Å². The molecule has 0 saturated heterocycles. The third kappa shape index (κ3) is 1.24. The Bertz CT molecular complexity index is 214. The van der Waals surface area contributed by atoms with Crippen LogP contribution in [0.1, 0.15) is 0 Å². The van der Waals surface area contributed by atoms with E-state index in [2.05, 4.69) is 0 Å². The van der Waals surface area contributed by atoms with Gasteiger partial charge in [0.25, 0.3) is 0 Å². The van der Waals surface area contributed by atoms with Crippen molar-refractivity contribution in [2.24, 2.45) is 0 Å². The standard InChI is InChI=1S/C6H3BClFO/c7-3-1-4(8)5(9)2-6(3)10/h1-2,10H. The van der Waals surface area contributed by atoms with Crippen molar-refractivity contribution >= 4 is 24.9 Å². The summed E-state index contributed by atoms with van der Waals surface area (Å²) in [6, 6.07) is 2.03. The molecule has 0 unspecified atom stereocenters. The van der Waals surface area contributed by atoms with Crippen molar-refractivity contribution in [3.05, 3.63) is 23.0 Å². The molecule has 1 aromatic rings. The second-order valence-corrected chi connectivity index (χ2v) is 2.23. The van der Waals surface area contributed by atoms with Gasteiger partial charge in [-0.05, 0) is 6.07 Å². The van der Waals surface area contributed by atoms with E-state index in [1.165, 1.54) is 0 Å². The van der Waals surface area contributed by atoms with E-state index in [4.69, 9.17) is 24.6 Å². The quantitative estimate of drug-likeness (QED) is 0.555. The van der Waals surface area contributed by atoms with Crippen LogP contribution >= 0.6 is 11.6 Å². The van der Waals surface area contributed by atoms with Gasteiger partial charge in [-0.25, -0.2) is 4.39 Å². The van der Waals surface area contributed by atoms with E-state index in [1.54, 1.807) is 0 Å². The van der Waals surface area contributed by atoms with Gasteiger partial charge in [0.1, 0.15) is 19.4 Å². The maximum absolute atomic E-state index is 12.4. The third-order valence-electron chi connectivity index (χ3n) is 1.07. The van der Waals surface area contributed by atoms with Gasteiger partial charge in [0.05, 0.1) is 5.02 Å². The van der Waals surface area contributed by atoms with Gasteiger partial charge in [-0.3, -0.25) is 0 Å². The number of rotatable bonds is 0. The summed E-state index contributed by atoms with van der Waals surface area (Å²) in [5, 5.41) is 8.71. The van der Waals surface area contributed by atoms with Crippen LogP contribution in [-0.4, -0.2) is 13.0 Å². The Morgan fingerprint density at radius 3 is 2.60 bits per heavy atom. The average Bonchev–Trinajstić information content (AvgIpc) is 1.84. The minimum absolute atomic E-state index is 0.0754. The monoisotopic (exact) mass is 156 g/mol. The maximum atomic E-state index is 12.4. The highest BCUT2D eigenvalue weighted by molar-refractivity contribution is 6.37. The zero-order valence-corrected chi connectivity index (χ0v) is 5.69. The number of halogens is 2. The number of hydrogen-bond donors (Lipinski definition) is 1. The maximum Gasteiger partial charge on any atom is 0.145 e. The molecule has 0 aliphatic rings. The van der Waals surface area contributed by atoms with Crippen LogP contribution in [0.15, 0.2) is 12.1 Å². The second-order valence-electron chi connectivity index (χ2n) is 1.83. The molecule has 1 aromatic carbocycles. The largest absolute Gasteiger partial charge is 0.508 e. The molecule has 0 spiro atoms. The molecule has 0 bridgehead atoms. The summed E-state index contributed by atoms with van der Waals surface area (Å²) in [4.78, 5) is 0. The van der Waals surface area contributed by atoms with Crippen LogP contribution in [0, 0.1) is 5.82 Å². The summed E-state index contributed by atoms with van der Waals surface area (Å²) in [6.07, 6.45) is 0. The first kappa shape index (κ1) is 7.41. The van der Waals surface area contributed by atoms with E-state index in [0.717, 1.165) is 12.1 Å². The van der Waals surface area contributed by atoms with Crippen LogP contribution in [0.5, 0.6) is 5.75 Å². The highest BCUT2D eigenvalue weighted by Crippen LogP contribution is 2.16. The topological polar surface area (TPSA) is 20.2 Å². The summed E-state index contributed by atoms with van der Waals surface area (Å²) in [5.74, 6) is -0.963. The average molecular weight is 156 g/mol. The fourth-order valence-electron chi connectivity index (χ4n) is 0.552. The van der Waals surface area contributed by atoms with Gasteiger partial charge in [0.15, 0.2) is 0 Å². The molecule has 2 radical (unpaired) electrons. The predicted octanol–water partition coefficient (Wildman–Crippen LogP) is 0.978. The summed E-state index contributed by atoms with van der Waals surface area (Å²) in [5.41, 5.74) is 0.0754.